The van der Waals surface area contributed by atoms with Gasteiger partial charge in [0.1, 0.15) is 23.4 Å². The quantitative estimate of drug-likeness (QED) is 0.0541. The van der Waals surface area contributed by atoms with E-state index in [4.69, 9.17) is 24.7 Å². The van der Waals surface area contributed by atoms with Crippen molar-refractivity contribution in [3.8, 4) is 0 Å². The molecule has 4 unspecified atom stereocenters. The third kappa shape index (κ3) is 10.7. The van der Waals surface area contributed by atoms with E-state index in [1.165, 1.54) is 5.57 Å². The molecule has 3 amide bonds. The molecule has 1 aromatic rings. The summed E-state index contributed by atoms with van der Waals surface area (Å²) in [7, 11) is 1.66. The van der Waals surface area contributed by atoms with Crippen LogP contribution in [0.4, 0.5) is 4.79 Å². The fourth-order valence-electron chi connectivity index (χ4n) is 7.92. The third-order valence-corrected chi connectivity index (χ3v) is 10.9. The Labute approximate surface area is 311 Å². The summed E-state index contributed by atoms with van der Waals surface area (Å²) in [5, 5.41) is 8.35. The summed E-state index contributed by atoms with van der Waals surface area (Å²) in [6.07, 6.45) is 6.07. The highest BCUT2D eigenvalue weighted by molar-refractivity contribution is 6.40. The predicted octanol–water partition coefficient (Wildman–Crippen LogP) is 1.14. The van der Waals surface area contributed by atoms with Gasteiger partial charge in [-0.2, -0.15) is 0 Å². The normalized spacial score (nSPS) is 30.7. The lowest BCUT2D eigenvalue weighted by molar-refractivity contribution is -0.138. The van der Waals surface area contributed by atoms with Crippen LogP contribution in [0.2, 0.25) is 0 Å². The van der Waals surface area contributed by atoms with Crippen LogP contribution in [0.1, 0.15) is 71.3 Å². The van der Waals surface area contributed by atoms with Gasteiger partial charge in [0.2, 0.25) is 23.4 Å². The predicted molar refractivity (Wildman–Crippen MR) is 194 cm³/mol. The summed E-state index contributed by atoms with van der Waals surface area (Å²) < 4.78 is 24.3. The molecule has 53 heavy (non-hydrogen) atoms. The molecule has 4 fully saturated rings. The molecule has 0 bridgehead atoms. The van der Waals surface area contributed by atoms with E-state index < -0.39 is 47.9 Å². The maximum absolute atomic E-state index is 13.1. The van der Waals surface area contributed by atoms with E-state index in [0.717, 1.165) is 18.4 Å². The minimum Gasteiger partial charge on any atom is -0.443 e. The molecule has 1 aromatic carbocycles. The number of ether oxygens (including phenoxy) is 4. The van der Waals surface area contributed by atoms with Crippen molar-refractivity contribution < 1.29 is 42.9 Å². The molecule has 5 rings (SSSR count). The van der Waals surface area contributed by atoms with Gasteiger partial charge >= 0.3 is 6.09 Å². The summed E-state index contributed by atoms with van der Waals surface area (Å²) in [6.45, 7) is 6.02. The summed E-state index contributed by atoms with van der Waals surface area (Å²) in [5.74, 6) is -2.41. The first-order valence-electron chi connectivity index (χ1n) is 18.7. The van der Waals surface area contributed by atoms with Crippen molar-refractivity contribution in [2.24, 2.45) is 11.7 Å². The molecular weight excluding hydrogens is 684 g/mol. The van der Waals surface area contributed by atoms with Crippen molar-refractivity contribution in [1.82, 2.24) is 26.8 Å². The Kier molecular flexibility index (Phi) is 13.8. The van der Waals surface area contributed by atoms with Crippen LogP contribution in [0.5, 0.6) is 0 Å². The number of alkyl carbamates (subject to hydrolysis) is 1. The maximum atomic E-state index is 13.1. The number of carbonyl (C=O) groups is 5. The van der Waals surface area contributed by atoms with E-state index >= 15 is 0 Å². The zero-order chi connectivity index (χ0) is 38.2. The number of hydrazine groups is 1. The Bertz CT molecular complexity index is 1490. The van der Waals surface area contributed by atoms with Crippen LogP contribution in [0.25, 0.3) is 0 Å². The highest BCUT2D eigenvalue weighted by Crippen LogP contribution is 2.59. The molecule has 2 saturated carbocycles. The fourth-order valence-corrected chi connectivity index (χ4v) is 7.92. The van der Waals surface area contributed by atoms with Gasteiger partial charge in [-0.05, 0) is 77.7 Å². The number of hydrogen-bond acceptors (Lipinski definition) is 12. The van der Waals surface area contributed by atoms with E-state index in [1.54, 1.807) is 7.11 Å². The molecule has 7 N–H and O–H groups in total. The molecule has 2 aliphatic carbocycles. The topological polar surface area (TPSA) is 215 Å². The second-order valence-corrected chi connectivity index (χ2v) is 15.1. The largest absolute Gasteiger partial charge is 0.443 e. The number of nitrogens with two attached hydrogens (primary N) is 1. The van der Waals surface area contributed by atoms with Crippen molar-refractivity contribution in [3.63, 3.8) is 0 Å². The van der Waals surface area contributed by atoms with Crippen molar-refractivity contribution in [1.29, 1.82) is 0 Å². The highest BCUT2D eigenvalue weighted by atomic mass is 16.6. The fraction of sp³-hybridized carbons (Fsp3) is 0.658. The van der Waals surface area contributed by atoms with E-state index in [-0.39, 0.29) is 61.2 Å². The number of benzene rings is 1. The first-order chi connectivity index (χ1) is 25.4. The number of rotatable bonds is 18. The summed E-state index contributed by atoms with van der Waals surface area (Å²) in [4.78, 5) is 62.8. The lowest BCUT2D eigenvalue weighted by Gasteiger charge is -2.42. The Morgan fingerprint density at radius 3 is 2.28 bits per heavy atom. The molecule has 15 heteroatoms. The number of epoxide rings is 2. The maximum Gasteiger partial charge on any atom is 0.407 e. The van der Waals surface area contributed by atoms with Crippen LogP contribution in [0.15, 0.2) is 42.0 Å². The van der Waals surface area contributed by atoms with Crippen LogP contribution < -0.4 is 32.5 Å². The summed E-state index contributed by atoms with van der Waals surface area (Å²) >= 11 is 0. The number of allylic oxidation sites excluding steroid dienone is 1. The summed E-state index contributed by atoms with van der Waals surface area (Å²) in [6, 6.07) is 7.99. The van der Waals surface area contributed by atoms with Gasteiger partial charge in [0.05, 0.1) is 44.3 Å². The molecule has 2 aliphatic heterocycles. The molecule has 0 aromatic heterocycles. The molecule has 15 nitrogen and oxygen atoms in total. The van der Waals surface area contributed by atoms with E-state index in [1.807, 2.05) is 30.3 Å². The van der Waals surface area contributed by atoms with Gasteiger partial charge in [0.15, 0.2) is 0 Å². The average molecular weight is 741 g/mol. The van der Waals surface area contributed by atoms with Gasteiger partial charge in [-0.1, -0.05) is 42.0 Å². The first kappa shape index (κ1) is 40.5. The number of nitrogens with one attached hydrogen (secondary N) is 5. The van der Waals surface area contributed by atoms with Crippen LogP contribution in [-0.2, 0) is 44.5 Å². The lowest BCUT2D eigenvalue weighted by Crippen LogP contribution is -2.56. The lowest BCUT2D eigenvalue weighted by atomic mass is 9.68. The number of amides is 3. The molecule has 1 spiro atoms. The Morgan fingerprint density at radius 1 is 0.981 bits per heavy atom. The second-order valence-electron chi connectivity index (χ2n) is 15.1. The third-order valence-electron chi connectivity index (χ3n) is 10.9. The number of methoxy groups -OCH3 is 1. The van der Waals surface area contributed by atoms with Crippen molar-refractivity contribution in [2.75, 3.05) is 33.4 Å². The smallest absolute Gasteiger partial charge is 0.407 e. The van der Waals surface area contributed by atoms with Crippen LogP contribution in [0, 0.1) is 5.92 Å². The average Bonchev–Trinajstić information content (AvgIpc) is 4.06. The van der Waals surface area contributed by atoms with Crippen molar-refractivity contribution >= 4 is 29.5 Å². The minimum atomic E-state index is -0.967. The number of carbonyl (C=O) groups excluding carboxylic acids is 5. The van der Waals surface area contributed by atoms with Crippen molar-refractivity contribution in [3.05, 3.63) is 47.5 Å². The number of Topliss-reactive ketones (excluding diaryl/α,β-unsaturated/α-hetero) is 2. The van der Waals surface area contributed by atoms with Gasteiger partial charge < -0.3 is 40.6 Å². The van der Waals surface area contributed by atoms with Gasteiger partial charge in [0, 0.05) is 19.2 Å². The Morgan fingerprint density at radius 2 is 1.66 bits per heavy atom. The molecule has 4 aliphatic rings. The standard InChI is InChI=1S/C38H56N6O9/c1-23(2)10-15-30-37(3,53-30)35-34(50-4)29(16-17-38(35)22-51-38)52-36(49)43-26-13-11-25(12-14-26)42-32(47)21-41-44-27(18-24-8-6-5-7-9-24)33(48)28(45)20-40-31(46)19-39/h5-10,25-27,29-30,34-35,41,44H,11-22,39H2,1-4H3,(H,40,46)(H,42,47)(H,43,49)/t25-,26-,27-,29?,30+,34?,35?,37?,38-/m0/s1. The van der Waals surface area contributed by atoms with Crippen LogP contribution in [0.3, 0.4) is 0 Å². The molecular formula is C38H56N6O9. The van der Waals surface area contributed by atoms with E-state index in [2.05, 4.69) is 53.6 Å². The van der Waals surface area contributed by atoms with Crippen LogP contribution in [-0.4, -0.2) is 110 Å². The molecule has 2 heterocycles. The molecule has 2 saturated heterocycles. The van der Waals surface area contributed by atoms with Gasteiger partial charge in [0.25, 0.3) is 0 Å². The van der Waals surface area contributed by atoms with Gasteiger partial charge in [-0.3, -0.25) is 19.2 Å². The number of hydrogen-bond donors (Lipinski definition) is 6. The Hall–Kier alpha value is -3.73. The highest BCUT2D eigenvalue weighted by Gasteiger charge is 2.72. The Balaban J connectivity index is 1.04. The van der Waals surface area contributed by atoms with Gasteiger partial charge in [-0.15, -0.1) is 0 Å². The zero-order valence-corrected chi connectivity index (χ0v) is 31.2. The van der Waals surface area contributed by atoms with E-state index in [0.29, 0.717) is 38.7 Å². The van der Waals surface area contributed by atoms with Crippen molar-refractivity contribution in [2.45, 2.75) is 120 Å². The van der Waals surface area contributed by atoms with Gasteiger partial charge in [-0.25, -0.2) is 15.6 Å². The minimum absolute atomic E-state index is 0.0562. The first-order valence-corrected chi connectivity index (χ1v) is 18.7. The van der Waals surface area contributed by atoms with E-state index in [9.17, 15) is 24.0 Å². The monoisotopic (exact) mass is 740 g/mol. The SMILES string of the molecule is COC1C(OC(=O)N[C@H]2CC[C@H](NC(=O)CNN[C@@H](Cc3ccccc3)C(=O)C(=O)CNC(=O)CN)CC2)CC[C@]2(CO2)C1C1(C)O[C@@H]1CC=C(C)C. The van der Waals surface area contributed by atoms with Crippen LogP contribution >= 0.6 is 0 Å². The second kappa shape index (κ2) is 18.1. The molecule has 292 valence electrons. The molecule has 7 atom stereocenters. The zero-order valence-electron chi connectivity index (χ0n) is 31.2. The summed E-state index contributed by atoms with van der Waals surface area (Å²) in [5.41, 5.74) is 12.2. The number of ketones is 2. The molecule has 0 radical (unpaired) electrons.